The van der Waals surface area contributed by atoms with Crippen LogP contribution in [0.2, 0.25) is 0 Å². The molecule has 0 bridgehead atoms. The highest BCUT2D eigenvalue weighted by molar-refractivity contribution is 9.10. The summed E-state index contributed by atoms with van der Waals surface area (Å²) in [4.78, 5) is 14.2. The summed E-state index contributed by atoms with van der Waals surface area (Å²) in [7, 11) is 0. The first kappa shape index (κ1) is 15.5. The van der Waals surface area contributed by atoms with Crippen LogP contribution in [0.15, 0.2) is 28.7 Å². The van der Waals surface area contributed by atoms with Crippen LogP contribution in [0, 0.1) is 0 Å². The molecule has 0 radical (unpaired) electrons. The Bertz CT molecular complexity index is 434. The minimum absolute atomic E-state index is 0.0880. The zero-order valence-corrected chi connectivity index (χ0v) is 13.2. The number of morpholine rings is 1. The SMILES string of the molecule is O=C(Cc1cccc(Br)c1)NCCCN1CCOCC1. The highest BCUT2D eigenvalue weighted by atomic mass is 79.9. The molecule has 110 valence electrons. The zero-order valence-electron chi connectivity index (χ0n) is 11.6. The first-order chi connectivity index (χ1) is 9.74. The van der Waals surface area contributed by atoms with E-state index in [4.69, 9.17) is 4.74 Å². The molecule has 0 aliphatic carbocycles. The van der Waals surface area contributed by atoms with Gasteiger partial charge >= 0.3 is 0 Å². The fourth-order valence-electron chi connectivity index (χ4n) is 2.25. The van der Waals surface area contributed by atoms with Crippen LogP contribution in [0.25, 0.3) is 0 Å². The fourth-order valence-corrected chi connectivity index (χ4v) is 2.70. The molecule has 0 atom stereocenters. The maximum absolute atomic E-state index is 11.8. The van der Waals surface area contributed by atoms with Gasteiger partial charge in [0.05, 0.1) is 19.6 Å². The normalized spacial score (nSPS) is 16.1. The Hall–Kier alpha value is -0.910. The van der Waals surface area contributed by atoms with Crippen molar-refractivity contribution in [3.05, 3.63) is 34.3 Å². The van der Waals surface area contributed by atoms with Crippen molar-refractivity contribution in [2.45, 2.75) is 12.8 Å². The monoisotopic (exact) mass is 340 g/mol. The number of ether oxygens (including phenoxy) is 1. The van der Waals surface area contributed by atoms with Gasteiger partial charge in [0.2, 0.25) is 5.91 Å². The predicted octanol–water partition coefficient (Wildman–Crippen LogP) is 1.83. The van der Waals surface area contributed by atoms with Gasteiger partial charge in [-0.2, -0.15) is 0 Å². The molecule has 0 spiro atoms. The summed E-state index contributed by atoms with van der Waals surface area (Å²) in [5.74, 6) is 0.0880. The molecule has 0 unspecified atom stereocenters. The molecule has 4 nitrogen and oxygen atoms in total. The van der Waals surface area contributed by atoms with Crippen molar-refractivity contribution in [2.24, 2.45) is 0 Å². The number of amides is 1. The van der Waals surface area contributed by atoms with Crippen LogP contribution in [-0.2, 0) is 16.0 Å². The molecule has 1 heterocycles. The van der Waals surface area contributed by atoms with Crippen LogP contribution in [0.5, 0.6) is 0 Å². The van der Waals surface area contributed by atoms with Crippen LogP contribution in [0.4, 0.5) is 0 Å². The van der Waals surface area contributed by atoms with E-state index in [-0.39, 0.29) is 5.91 Å². The number of halogens is 1. The molecule has 1 N–H and O–H groups in total. The average Bonchev–Trinajstić information content (AvgIpc) is 2.45. The fraction of sp³-hybridized carbons (Fsp3) is 0.533. The molecule has 0 saturated carbocycles. The molecule has 1 aromatic rings. The van der Waals surface area contributed by atoms with Gasteiger partial charge in [0, 0.05) is 24.1 Å². The van der Waals surface area contributed by atoms with Crippen molar-refractivity contribution < 1.29 is 9.53 Å². The van der Waals surface area contributed by atoms with Crippen LogP contribution in [-0.4, -0.2) is 50.2 Å². The molecule has 1 aliphatic heterocycles. The second-order valence-electron chi connectivity index (χ2n) is 4.96. The molecule has 1 amide bonds. The lowest BCUT2D eigenvalue weighted by atomic mass is 10.1. The number of benzene rings is 1. The number of carbonyl (C=O) groups is 1. The Morgan fingerprint density at radius 2 is 2.15 bits per heavy atom. The summed E-state index contributed by atoms with van der Waals surface area (Å²) in [5, 5.41) is 2.98. The third-order valence-electron chi connectivity index (χ3n) is 3.33. The zero-order chi connectivity index (χ0) is 14.2. The van der Waals surface area contributed by atoms with Crippen molar-refractivity contribution in [3.8, 4) is 0 Å². The Balaban J connectivity index is 1.60. The minimum atomic E-state index is 0.0880. The maximum atomic E-state index is 11.8. The van der Waals surface area contributed by atoms with Crippen molar-refractivity contribution in [1.29, 1.82) is 0 Å². The standard InChI is InChI=1S/C15H21BrN2O2/c16-14-4-1-3-13(11-14)12-15(19)17-5-2-6-18-7-9-20-10-8-18/h1,3-4,11H,2,5-10,12H2,(H,17,19). The Morgan fingerprint density at radius 3 is 2.90 bits per heavy atom. The number of nitrogens with zero attached hydrogens (tertiary/aromatic N) is 1. The van der Waals surface area contributed by atoms with Crippen LogP contribution < -0.4 is 5.32 Å². The molecule has 1 aliphatic rings. The first-order valence-corrected chi connectivity index (χ1v) is 7.84. The predicted molar refractivity (Wildman–Crippen MR) is 82.7 cm³/mol. The van der Waals surface area contributed by atoms with Gasteiger partial charge in [-0.3, -0.25) is 9.69 Å². The van der Waals surface area contributed by atoms with Gasteiger partial charge in [-0.25, -0.2) is 0 Å². The second kappa shape index (κ2) is 8.39. The van der Waals surface area contributed by atoms with E-state index < -0.39 is 0 Å². The van der Waals surface area contributed by atoms with Crippen LogP contribution in [0.3, 0.4) is 0 Å². The van der Waals surface area contributed by atoms with Crippen molar-refractivity contribution in [3.63, 3.8) is 0 Å². The molecule has 20 heavy (non-hydrogen) atoms. The molecule has 5 heteroatoms. The number of carbonyl (C=O) groups excluding carboxylic acids is 1. The number of hydrogen-bond donors (Lipinski definition) is 1. The van der Waals surface area contributed by atoms with Gasteiger partial charge < -0.3 is 10.1 Å². The minimum Gasteiger partial charge on any atom is -0.379 e. The molecule has 1 aromatic carbocycles. The van der Waals surface area contributed by atoms with Crippen molar-refractivity contribution in [1.82, 2.24) is 10.2 Å². The van der Waals surface area contributed by atoms with E-state index in [1.807, 2.05) is 24.3 Å². The van der Waals surface area contributed by atoms with Gasteiger partial charge in [0.25, 0.3) is 0 Å². The Labute approximate surface area is 128 Å². The number of rotatable bonds is 6. The van der Waals surface area contributed by atoms with Gasteiger partial charge in [-0.05, 0) is 30.7 Å². The van der Waals surface area contributed by atoms with E-state index in [0.717, 1.165) is 55.8 Å². The molecule has 1 fully saturated rings. The van der Waals surface area contributed by atoms with Crippen LogP contribution >= 0.6 is 15.9 Å². The summed E-state index contributed by atoms with van der Waals surface area (Å²) in [6.07, 6.45) is 1.43. The smallest absolute Gasteiger partial charge is 0.224 e. The lowest BCUT2D eigenvalue weighted by Gasteiger charge is -2.26. The Morgan fingerprint density at radius 1 is 1.35 bits per heavy atom. The molecule has 0 aromatic heterocycles. The number of hydrogen-bond acceptors (Lipinski definition) is 3. The Kier molecular flexibility index (Phi) is 6.50. The average molecular weight is 341 g/mol. The van der Waals surface area contributed by atoms with E-state index in [1.165, 1.54) is 0 Å². The molecular weight excluding hydrogens is 320 g/mol. The van der Waals surface area contributed by atoms with Gasteiger partial charge in [0.15, 0.2) is 0 Å². The van der Waals surface area contributed by atoms with E-state index in [2.05, 4.69) is 26.1 Å². The van der Waals surface area contributed by atoms with E-state index in [9.17, 15) is 4.79 Å². The lowest BCUT2D eigenvalue weighted by Crippen LogP contribution is -2.38. The van der Waals surface area contributed by atoms with Crippen LogP contribution in [0.1, 0.15) is 12.0 Å². The largest absolute Gasteiger partial charge is 0.379 e. The highest BCUT2D eigenvalue weighted by Crippen LogP contribution is 2.11. The number of nitrogens with one attached hydrogen (secondary N) is 1. The first-order valence-electron chi connectivity index (χ1n) is 7.05. The molecule has 1 saturated heterocycles. The van der Waals surface area contributed by atoms with Gasteiger partial charge in [-0.15, -0.1) is 0 Å². The topological polar surface area (TPSA) is 41.6 Å². The summed E-state index contributed by atoms with van der Waals surface area (Å²) in [6.45, 7) is 5.44. The highest BCUT2D eigenvalue weighted by Gasteiger charge is 2.09. The van der Waals surface area contributed by atoms with Crippen molar-refractivity contribution in [2.75, 3.05) is 39.4 Å². The molecule has 2 rings (SSSR count). The summed E-state index contributed by atoms with van der Waals surface area (Å²) in [6, 6.07) is 7.86. The summed E-state index contributed by atoms with van der Waals surface area (Å²) >= 11 is 3.41. The second-order valence-corrected chi connectivity index (χ2v) is 5.88. The van der Waals surface area contributed by atoms with E-state index in [1.54, 1.807) is 0 Å². The maximum Gasteiger partial charge on any atom is 0.224 e. The van der Waals surface area contributed by atoms with E-state index in [0.29, 0.717) is 6.42 Å². The lowest BCUT2D eigenvalue weighted by molar-refractivity contribution is -0.120. The quantitative estimate of drug-likeness (QED) is 0.803. The summed E-state index contributed by atoms with van der Waals surface area (Å²) < 4.78 is 6.31. The van der Waals surface area contributed by atoms with Crippen molar-refractivity contribution >= 4 is 21.8 Å². The molecular formula is C15H21BrN2O2. The van der Waals surface area contributed by atoms with E-state index >= 15 is 0 Å². The third-order valence-corrected chi connectivity index (χ3v) is 3.82. The van der Waals surface area contributed by atoms with Gasteiger partial charge in [-0.1, -0.05) is 28.1 Å². The third kappa shape index (κ3) is 5.61. The summed E-state index contributed by atoms with van der Waals surface area (Å²) in [5.41, 5.74) is 1.03. The van der Waals surface area contributed by atoms with Gasteiger partial charge in [0.1, 0.15) is 0 Å².